The number of hydrogen-bond acceptors (Lipinski definition) is 3. The fourth-order valence-electron chi connectivity index (χ4n) is 2.71. The van der Waals surface area contributed by atoms with Gasteiger partial charge >= 0.3 is 0 Å². The molecule has 0 radical (unpaired) electrons. The number of ether oxygens (including phenoxy) is 1. The van der Waals surface area contributed by atoms with E-state index in [9.17, 15) is 9.18 Å². The molecule has 1 aromatic carbocycles. The van der Waals surface area contributed by atoms with Crippen molar-refractivity contribution >= 4 is 24.0 Å². The Bertz CT molecular complexity index is 504. The van der Waals surface area contributed by atoms with Crippen molar-refractivity contribution in [3.8, 4) is 5.75 Å². The molecule has 1 aromatic rings. The summed E-state index contributed by atoms with van der Waals surface area (Å²) in [5.74, 6) is -0.476. The fourth-order valence-corrected chi connectivity index (χ4v) is 2.71. The van der Waals surface area contributed by atoms with Gasteiger partial charge in [-0.3, -0.25) is 4.79 Å². The van der Waals surface area contributed by atoms with Gasteiger partial charge in [-0.05, 0) is 25.0 Å². The van der Waals surface area contributed by atoms with Crippen LogP contribution >= 0.6 is 12.4 Å². The number of rotatable bonds is 3. The van der Waals surface area contributed by atoms with Crippen molar-refractivity contribution in [3.05, 3.63) is 24.0 Å². The molecule has 1 aliphatic rings. The summed E-state index contributed by atoms with van der Waals surface area (Å²) in [5.41, 5.74) is 5.90. The smallest absolute Gasteiger partial charge is 0.246 e. The average Bonchev–Trinajstić information content (AvgIpc) is 2.46. The van der Waals surface area contributed by atoms with Gasteiger partial charge < -0.3 is 15.4 Å². The van der Waals surface area contributed by atoms with Crippen molar-refractivity contribution < 1.29 is 13.9 Å². The van der Waals surface area contributed by atoms with Crippen LogP contribution in [-0.4, -0.2) is 25.6 Å². The number of carbonyl (C=O) groups excluding carboxylic acids is 1. The molecule has 1 fully saturated rings. The van der Waals surface area contributed by atoms with Gasteiger partial charge in [0, 0.05) is 18.8 Å². The van der Waals surface area contributed by atoms with E-state index in [1.165, 1.54) is 24.1 Å². The van der Waals surface area contributed by atoms with Gasteiger partial charge in [0.1, 0.15) is 0 Å². The SMILES string of the molecule is COc1ccc(N(C)C(=O)C2(N)CCCCC2)cc1F.Cl. The number of methoxy groups -OCH3 is 1. The van der Waals surface area contributed by atoms with Gasteiger partial charge in [0.2, 0.25) is 5.91 Å². The number of halogens is 2. The Morgan fingerprint density at radius 3 is 2.48 bits per heavy atom. The minimum absolute atomic E-state index is 0. The van der Waals surface area contributed by atoms with E-state index < -0.39 is 11.4 Å². The lowest BCUT2D eigenvalue weighted by Crippen LogP contribution is -2.55. The van der Waals surface area contributed by atoms with Crippen molar-refractivity contribution in [2.45, 2.75) is 37.6 Å². The van der Waals surface area contributed by atoms with Crippen LogP contribution in [0.2, 0.25) is 0 Å². The van der Waals surface area contributed by atoms with E-state index in [2.05, 4.69) is 0 Å². The van der Waals surface area contributed by atoms with Crippen LogP contribution in [0.1, 0.15) is 32.1 Å². The first-order valence-electron chi connectivity index (χ1n) is 6.88. The molecule has 118 valence electrons. The highest BCUT2D eigenvalue weighted by atomic mass is 35.5. The zero-order valence-corrected chi connectivity index (χ0v) is 13.2. The zero-order chi connectivity index (χ0) is 14.8. The number of carbonyl (C=O) groups is 1. The Morgan fingerprint density at radius 1 is 1.33 bits per heavy atom. The maximum absolute atomic E-state index is 13.7. The van der Waals surface area contributed by atoms with Crippen LogP contribution in [0, 0.1) is 5.82 Å². The molecule has 1 amide bonds. The van der Waals surface area contributed by atoms with Crippen molar-refractivity contribution in [2.75, 3.05) is 19.1 Å². The number of nitrogens with two attached hydrogens (primary N) is 1. The van der Waals surface area contributed by atoms with Gasteiger partial charge in [0.05, 0.1) is 12.6 Å². The highest BCUT2D eigenvalue weighted by molar-refractivity contribution is 5.99. The Labute approximate surface area is 130 Å². The standard InChI is InChI=1S/C15H21FN2O2.ClH/c1-18(11-6-7-13(20-2)12(16)10-11)14(19)15(17)8-4-3-5-9-15;/h6-7,10H,3-5,8-9,17H2,1-2H3;1H. The molecule has 2 rings (SSSR count). The monoisotopic (exact) mass is 316 g/mol. The minimum atomic E-state index is -0.816. The number of nitrogens with zero attached hydrogens (tertiary/aromatic N) is 1. The molecule has 4 nitrogen and oxygen atoms in total. The Balaban J connectivity index is 0.00000220. The summed E-state index contributed by atoms with van der Waals surface area (Å²) in [6.07, 6.45) is 4.43. The summed E-state index contributed by atoms with van der Waals surface area (Å²) in [6.45, 7) is 0. The lowest BCUT2D eigenvalue weighted by atomic mass is 9.81. The molecule has 0 atom stereocenters. The van der Waals surface area contributed by atoms with Gasteiger partial charge in [-0.2, -0.15) is 0 Å². The third kappa shape index (κ3) is 3.66. The summed E-state index contributed by atoms with van der Waals surface area (Å²) in [5, 5.41) is 0. The predicted molar refractivity (Wildman–Crippen MR) is 83.6 cm³/mol. The lowest BCUT2D eigenvalue weighted by Gasteiger charge is -2.35. The normalized spacial score (nSPS) is 16.8. The molecule has 0 unspecified atom stereocenters. The number of anilines is 1. The molecule has 2 N–H and O–H groups in total. The molecule has 0 spiro atoms. The third-order valence-corrected chi connectivity index (χ3v) is 4.00. The van der Waals surface area contributed by atoms with E-state index in [1.54, 1.807) is 13.1 Å². The van der Waals surface area contributed by atoms with Crippen molar-refractivity contribution in [1.29, 1.82) is 0 Å². The first-order chi connectivity index (χ1) is 9.48. The van der Waals surface area contributed by atoms with Crippen LogP contribution in [0.3, 0.4) is 0 Å². The lowest BCUT2D eigenvalue weighted by molar-refractivity contribution is -0.124. The number of benzene rings is 1. The molecule has 0 bridgehead atoms. The quantitative estimate of drug-likeness (QED) is 0.933. The Kier molecular flexibility index (Phi) is 5.98. The van der Waals surface area contributed by atoms with E-state index >= 15 is 0 Å². The van der Waals surface area contributed by atoms with Crippen LogP contribution in [0.15, 0.2) is 18.2 Å². The molecular weight excluding hydrogens is 295 g/mol. The second kappa shape index (κ2) is 7.09. The van der Waals surface area contributed by atoms with Crippen LogP contribution in [-0.2, 0) is 4.79 Å². The van der Waals surface area contributed by atoms with Gasteiger partial charge in [0.25, 0.3) is 0 Å². The average molecular weight is 317 g/mol. The Morgan fingerprint density at radius 2 is 1.95 bits per heavy atom. The Hall–Kier alpha value is -1.33. The van der Waals surface area contributed by atoms with E-state index in [1.807, 2.05) is 0 Å². The molecule has 1 saturated carbocycles. The third-order valence-electron chi connectivity index (χ3n) is 4.00. The largest absolute Gasteiger partial charge is 0.494 e. The number of amides is 1. The van der Waals surface area contributed by atoms with Crippen LogP contribution in [0.4, 0.5) is 10.1 Å². The van der Waals surface area contributed by atoms with Crippen molar-refractivity contribution in [3.63, 3.8) is 0 Å². The van der Waals surface area contributed by atoms with Gasteiger partial charge in [-0.25, -0.2) is 4.39 Å². The molecule has 0 heterocycles. The number of hydrogen-bond donors (Lipinski definition) is 1. The maximum Gasteiger partial charge on any atom is 0.246 e. The van der Waals surface area contributed by atoms with E-state index in [-0.39, 0.29) is 24.1 Å². The van der Waals surface area contributed by atoms with Gasteiger partial charge in [-0.15, -0.1) is 12.4 Å². The highest BCUT2D eigenvalue weighted by Crippen LogP contribution is 2.30. The molecular formula is C15H22ClFN2O2. The molecule has 21 heavy (non-hydrogen) atoms. The van der Waals surface area contributed by atoms with Crippen molar-refractivity contribution in [1.82, 2.24) is 0 Å². The minimum Gasteiger partial charge on any atom is -0.494 e. The summed E-state index contributed by atoms with van der Waals surface area (Å²) in [6, 6.07) is 4.47. The van der Waals surface area contributed by atoms with Crippen LogP contribution < -0.4 is 15.4 Å². The maximum atomic E-state index is 13.7. The first kappa shape index (κ1) is 17.7. The number of likely N-dealkylation sites (N-methyl/N-ethyl adjacent to an activating group) is 1. The first-order valence-corrected chi connectivity index (χ1v) is 6.88. The molecule has 0 aromatic heterocycles. The molecule has 1 aliphatic carbocycles. The van der Waals surface area contributed by atoms with Crippen molar-refractivity contribution in [2.24, 2.45) is 5.73 Å². The second-order valence-electron chi connectivity index (χ2n) is 5.40. The fraction of sp³-hybridized carbons (Fsp3) is 0.533. The van der Waals surface area contributed by atoms with E-state index in [4.69, 9.17) is 10.5 Å². The summed E-state index contributed by atoms with van der Waals surface area (Å²) in [4.78, 5) is 14.0. The van der Waals surface area contributed by atoms with E-state index in [0.717, 1.165) is 19.3 Å². The summed E-state index contributed by atoms with van der Waals surface area (Å²) >= 11 is 0. The topological polar surface area (TPSA) is 55.6 Å². The molecule has 0 aliphatic heterocycles. The highest BCUT2D eigenvalue weighted by Gasteiger charge is 2.37. The van der Waals surface area contributed by atoms with E-state index in [0.29, 0.717) is 18.5 Å². The zero-order valence-electron chi connectivity index (χ0n) is 12.4. The molecule has 0 saturated heterocycles. The van der Waals surface area contributed by atoms with Gasteiger partial charge in [-0.1, -0.05) is 19.3 Å². The van der Waals surface area contributed by atoms with Gasteiger partial charge in [0.15, 0.2) is 11.6 Å². The van der Waals surface area contributed by atoms with Crippen LogP contribution in [0.25, 0.3) is 0 Å². The summed E-state index contributed by atoms with van der Waals surface area (Å²) in [7, 11) is 3.04. The second-order valence-corrected chi connectivity index (χ2v) is 5.40. The summed E-state index contributed by atoms with van der Waals surface area (Å²) < 4.78 is 18.6. The van der Waals surface area contributed by atoms with Crippen LogP contribution in [0.5, 0.6) is 5.75 Å². The molecule has 6 heteroatoms. The predicted octanol–water partition coefficient (Wildman–Crippen LogP) is 2.88.